The SMILES string of the molecule is CC(C)C(C)N(C)C(C)C(N)=O. The van der Waals surface area contributed by atoms with Crippen LogP contribution in [0.3, 0.4) is 0 Å². The van der Waals surface area contributed by atoms with E-state index in [2.05, 4.69) is 20.8 Å². The molecule has 0 aliphatic heterocycles. The van der Waals surface area contributed by atoms with Crippen LogP contribution in [0, 0.1) is 5.92 Å². The second-order valence-electron chi connectivity index (χ2n) is 3.73. The summed E-state index contributed by atoms with van der Waals surface area (Å²) >= 11 is 0. The molecule has 2 unspecified atom stereocenters. The predicted molar refractivity (Wildman–Crippen MR) is 50.7 cm³/mol. The largest absolute Gasteiger partial charge is 0.368 e. The number of carbonyl (C=O) groups excluding carboxylic acids is 1. The third kappa shape index (κ3) is 2.81. The number of hydrogen-bond acceptors (Lipinski definition) is 2. The van der Waals surface area contributed by atoms with E-state index in [1.807, 2.05) is 18.9 Å². The number of hydrogen-bond donors (Lipinski definition) is 1. The zero-order valence-electron chi connectivity index (χ0n) is 8.66. The lowest BCUT2D eigenvalue weighted by Gasteiger charge is -2.31. The van der Waals surface area contributed by atoms with Gasteiger partial charge in [0.1, 0.15) is 0 Å². The first-order chi connectivity index (χ1) is 5.37. The van der Waals surface area contributed by atoms with E-state index in [1.165, 1.54) is 0 Å². The minimum absolute atomic E-state index is 0.178. The van der Waals surface area contributed by atoms with E-state index >= 15 is 0 Å². The number of nitrogens with zero attached hydrogens (tertiary/aromatic N) is 1. The number of primary amides is 1. The molecule has 3 nitrogen and oxygen atoms in total. The summed E-state index contributed by atoms with van der Waals surface area (Å²) in [4.78, 5) is 12.9. The normalized spacial score (nSPS) is 16.6. The summed E-state index contributed by atoms with van der Waals surface area (Å²) in [7, 11) is 1.93. The van der Waals surface area contributed by atoms with Crippen molar-refractivity contribution < 1.29 is 4.79 Å². The molecule has 0 bridgehead atoms. The minimum Gasteiger partial charge on any atom is -0.368 e. The van der Waals surface area contributed by atoms with Gasteiger partial charge >= 0.3 is 0 Å². The molecule has 0 fully saturated rings. The van der Waals surface area contributed by atoms with Crippen LogP contribution in [-0.4, -0.2) is 29.9 Å². The van der Waals surface area contributed by atoms with Gasteiger partial charge < -0.3 is 5.73 Å². The average Bonchev–Trinajstić information content (AvgIpc) is 2.00. The van der Waals surface area contributed by atoms with Crippen molar-refractivity contribution in [3.05, 3.63) is 0 Å². The maximum atomic E-state index is 10.8. The smallest absolute Gasteiger partial charge is 0.234 e. The third-order valence-electron chi connectivity index (χ3n) is 2.63. The molecule has 0 rings (SSSR count). The molecule has 72 valence electrons. The van der Waals surface area contributed by atoms with E-state index in [9.17, 15) is 4.79 Å². The zero-order chi connectivity index (χ0) is 9.89. The molecule has 0 heterocycles. The predicted octanol–water partition coefficient (Wildman–Crippen LogP) is 0.837. The van der Waals surface area contributed by atoms with Crippen LogP contribution in [0.4, 0.5) is 0 Å². The van der Waals surface area contributed by atoms with Crippen molar-refractivity contribution in [2.45, 2.75) is 39.8 Å². The topological polar surface area (TPSA) is 46.3 Å². The molecular formula is C9H20N2O. The van der Waals surface area contributed by atoms with Crippen LogP contribution in [0.25, 0.3) is 0 Å². The van der Waals surface area contributed by atoms with Gasteiger partial charge in [0, 0.05) is 6.04 Å². The molecule has 2 atom stereocenters. The Kier molecular flexibility index (Phi) is 4.24. The molecule has 12 heavy (non-hydrogen) atoms. The Bertz CT molecular complexity index is 157. The van der Waals surface area contributed by atoms with Crippen LogP contribution in [0.15, 0.2) is 0 Å². The first kappa shape index (κ1) is 11.4. The number of amides is 1. The number of nitrogens with two attached hydrogens (primary N) is 1. The molecule has 0 saturated heterocycles. The first-order valence-corrected chi connectivity index (χ1v) is 4.39. The molecule has 0 radical (unpaired) electrons. The standard InChI is InChI=1S/C9H20N2O/c1-6(2)7(3)11(5)8(4)9(10)12/h6-8H,1-5H3,(H2,10,12). The van der Waals surface area contributed by atoms with Crippen molar-refractivity contribution in [3.63, 3.8) is 0 Å². The number of carbonyl (C=O) groups is 1. The van der Waals surface area contributed by atoms with Crippen LogP contribution in [-0.2, 0) is 4.79 Å². The summed E-state index contributed by atoms with van der Waals surface area (Å²) in [5.74, 6) is 0.279. The van der Waals surface area contributed by atoms with Crippen molar-refractivity contribution in [1.82, 2.24) is 4.90 Å². The van der Waals surface area contributed by atoms with Gasteiger partial charge in [-0.25, -0.2) is 0 Å². The lowest BCUT2D eigenvalue weighted by atomic mass is 10.0. The van der Waals surface area contributed by atoms with Crippen molar-refractivity contribution in [3.8, 4) is 0 Å². The second-order valence-corrected chi connectivity index (χ2v) is 3.73. The maximum absolute atomic E-state index is 10.8. The zero-order valence-corrected chi connectivity index (χ0v) is 8.66. The van der Waals surface area contributed by atoms with Gasteiger partial charge in [0.05, 0.1) is 6.04 Å². The lowest BCUT2D eigenvalue weighted by Crippen LogP contribution is -2.46. The van der Waals surface area contributed by atoms with E-state index in [0.29, 0.717) is 12.0 Å². The second kappa shape index (κ2) is 4.45. The highest BCUT2D eigenvalue weighted by Crippen LogP contribution is 2.10. The molecular weight excluding hydrogens is 152 g/mol. The maximum Gasteiger partial charge on any atom is 0.234 e. The van der Waals surface area contributed by atoms with E-state index in [1.54, 1.807) is 0 Å². The number of rotatable bonds is 4. The molecule has 0 aromatic heterocycles. The summed E-state index contributed by atoms with van der Waals surface area (Å²) in [6.07, 6.45) is 0. The summed E-state index contributed by atoms with van der Waals surface area (Å²) in [5, 5.41) is 0. The van der Waals surface area contributed by atoms with E-state index in [0.717, 1.165) is 0 Å². The quantitative estimate of drug-likeness (QED) is 0.683. The van der Waals surface area contributed by atoms with Gasteiger partial charge in [-0.2, -0.15) is 0 Å². The van der Waals surface area contributed by atoms with Crippen molar-refractivity contribution in [2.75, 3.05) is 7.05 Å². The van der Waals surface area contributed by atoms with Gasteiger partial charge in [0.25, 0.3) is 0 Å². The average molecular weight is 172 g/mol. The fourth-order valence-electron chi connectivity index (χ4n) is 1.02. The molecule has 0 aliphatic rings. The van der Waals surface area contributed by atoms with Gasteiger partial charge in [0.15, 0.2) is 0 Å². The van der Waals surface area contributed by atoms with Crippen LogP contribution < -0.4 is 5.73 Å². The summed E-state index contributed by atoms with van der Waals surface area (Å²) in [6.45, 7) is 8.20. The minimum atomic E-state index is -0.259. The molecule has 0 saturated carbocycles. The van der Waals surface area contributed by atoms with Gasteiger partial charge in [-0.3, -0.25) is 9.69 Å². The Hall–Kier alpha value is -0.570. The third-order valence-corrected chi connectivity index (χ3v) is 2.63. The van der Waals surface area contributed by atoms with Crippen molar-refractivity contribution in [1.29, 1.82) is 0 Å². The van der Waals surface area contributed by atoms with Gasteiger partial charge in [-0.1, -0.05) is 13.8 Å². The highest BCUT2D eigenvalue weighted by Gasteiger charge is 2.21. The first-order valence-electron chi connectivity index (χ1n) is 4.39. The molecule has 2 N–H and O–H groups in total. The van der Waals surface area contributed by atoms with E-state index < -0.39 is 0 Å². The van der Waals surface area contributed by atoms with E-state index in [4.69, 9.17) is 5.73 Å². The van der Waals surface area contributed by atoms with Gasteiger partial charge in [-0.15, -0.1) is 0 Å². The Morgan fingerprint density at radius 1 is 1.25 bits per heavy atom. The Labute approximate surface area is 74.9 Å². The molecule has 1 amide bonds. The van der Waals surface area contributed by atoms with Crippen LogP contribution in [0.2, 0.25) is 0 Å². The molecule has 0 spiro atoms. The molecule has 0 aliphatic carbocycles. The molecule has 0 aromatic carbocycles. The fourth-order valence-corrected chi connectivity index (χ4v) is 1.02. The summed E-state index contributed by atoms with van der Waals surface area (Å²) < 4.78 is 0. The molecule has 3 heteroatoms. The highest BCUT2D eigenvalue weighted by atomic mass is 16.1. The number of likely N-dealkylation sites (N-methyl/N-ethyl adjacent to an activating group) is 1. The highest BCUT2D eigenvalue weighted by molar-refractivity contribution is 5.79. The van der Waals surface area contributed by atoms with Gasteiger partial charge in [-0.05, 0) is 26.8 Å². The van der Waals surface area contributed by atoms with Crippen LogP contribution in [0.5, 0.6) is 0 Å². The van der Waals surface area contributed by atoms with E-state index in [-0.39, 0.29) is 11.9 Å². The lowest BCUT2D eigenvalue weighted by molar-refractivity contribution is -0.123. The van der Waals surface area contributed by atoms with Crippen LogP contribution in [0.1, 0.15) is 27.7 Å². The van der Waals surface area contributed by atoms with Crippen molar-refractivity contribution in [2.24, 2.45) is 11.7 Å². The monoisotopic (exact) mass is 172 g/mol. The fraction of sp³-hybridized carbons (Fsp3) is 0.889. The van der Waals surface area contributed by atoms with Crippen LogP contribution >= 0.6 is 0 Å². The summed E-state index contributed by atoms with van der Waals surface area (Å²) in [5.41, 5.74) is 5.19. The van der Waals surface area contributed by atoms with Gasteiger partial charge in [0.2, 0.25) is 5.91 Å². The Morgan fingerprint density at radius 3 is 1.92 bits per heavy atom. The molecule has 0 aromatic rings. The Balaban J connectivity index is 4.18. The summed E-state index contributed by atoms with van der Waals surface area (Å²) in [6, 6.07) is 0.204. The Morgan fingerprint density at radius 2 is 1.67 bits per heavy atom. The van der Waals surface area contributed by atoms with Crippen molar-refractivity contribution >= 4 is 5.91 Å².